The van der Waals surface area contributed by atoms with E-state index in [2.05, 4.69) is 63.7 Å². The molecule has 1 atom stereocenters. The van der Waals surface area contributed by atoms with Gasteiger partial charge in [0.1, 0.15) is 5.76 Å². The van der Waals surface area contributed by atoms with Crippen LogP contribution in [0.3, 0.4) is 0 Å². The van der Waals surface area contributed by atoms with E-state index in [0.717, 1.165) is 22.3 Å². The number of Topliss-reactive ketones (excluding diaryl/α,β-unsaturated/α-hetero) is 1. The lowest BCUT2D eigenvalue weighted by Crippen LogP contribution is -2.17. The molecule has 0 fully saturated rings. The molecule has 1 aromatic rings. The van der Waals surface area contributed by atoms with Crippen LogP contribution in [0.5, 0.6) is 0 Å². The molecule has 2 aliphatic carbocycles. The summed E-state index contributed by atoms with van der Waals surface area (Å²) in [6, 6.07) is 6.92. The Kier molecular flexibility index (Phi) is 7.19. The Bertz CT molecular complexity index is 1040. The summed E-state index contributed by atoms with van der Waals surface area (Å²) >= 11 is 13.5. The lowest BCUT2D eigenvalue weighted by atomic mass is 9.86. The van der Waals surface area contributed by atoms with Gasteiger partial charge in [-0.2, -0.15) is 0 Å². The second-order valence-electron chi connectivity index (χ2n) is 6.41. The minimum atomic E-state index is -0.960. The predicted molar refractivity (Wildman–Crippen MR) is 127 cm³/mol. The topological polar surface area (TPSA) is 74.6 Å². The van der Waals surface area contributed by atoms with E-state index in [1.807, 2.05) is 12.1 Å². The molecule has 0 saturated carbocycles. The van der Waals surface area contributed by atoms with Crippen LogP contribution >= 0.6 is 63.7 Å². The summed E-state index contributed by atoms with van der Waals surface area (Å²) in [5.74, 6) is -0.982. The van der Waals surface area contributed by atoms with Crippen molar-refractivity contribution in [1.82, 2.24) is 0 Å². The minimum absolute atomic E-state index is 0.133. The quantitative estimate of drug-likeness (QED) is 0.360. The lowest BCUT2D eigenvalue weighted by Gasteiger charge is -2.26. The van der Waals surface area contributed by atoms with Crippen molar-refractivity contribution in [3.63, 3.8) is 0 Å². The van der Waals surface area contributed by atoms with Gasteiger partial charge in [-0.25, -0.2) is 4.79 Å². The molecule has 0 spiro atoms. The molecule has 1 unspecified atom stereocenters. The number of alkyl halides is 1. The van der Waals surface area contributed by atoms with Crippen LogP contribution in [0.1, 0.15) is 22.3 Å². The molecule has 2 N–H and O–H groups in total. The number of carboxylic acid groups (broad SMARTS) is 1. The Morgan fingerprint density at radius 2 is 1.62 bits per heavy atom. The van der Waals surface area contributed by atoms with E-state index < -0.39 is 10.8 Å². The van der Waals surface area contributed by atoms with E-state index in [4.69, 9.17) is 0 Å². The summed E-state index contributed by atoms with van der Waals surface area (Å²) in [6.45, 7) is 0. The monoisotopic (exact) mass is 646 g/mol. The maximum atomic E-state index is 12.0. The number of hydrogen-bond donors (Lipinski definition) is 2. The number of carbonyl (C=O) groups excluding carboxylic acids is 1. The van der Waals surface area contributed by atoms with Crippen LogP contribution in [0.25, 0.3) is 0 Å². The van der Waals surface area contributed by atoms with Crippen LogP contribution in [0.2, 0.25) is 0 Å². The van der Waals surface area contributed by atoms with Gasteiger partial charge in [-0.3, -0.25) is 4.79 Å². The van der Waals surface area contributed by atoms with Crippen molar-refractivity contribution >= 4 is 75.5 Å². The van der Waals surface area contributed by atoms with Crippen LogP contribution in [0.4, 0.5) is 0 Å². The lowest BCUT2D eigenvalue weighted by molar-refractivity contribution is -0.110. The Hall–Kier alpha value is -1.22. The van der Waals surface area contributed by atoms with Gasteiger partial charge in [-0.15, -0.1) is 0 Å². The molecule has 0 aliphatic heterocycles. The third-order valence-electron chi connectivity index (χ3n) is 4.61. The van der Waals surface area contributed by atoms with Gasteiger partial charge in [0.25, 0.3) is 0 Å². The summed E-state index contributed by atoms with van der Waals surface area (Å²) in [7, 11) is 0. The van der Waals surface area contributed by atoms with Crippen molar-refractivity contribution in [2.24, 2.45) is 0 Å². The van der Waals surface area contributed by atoms with Gasteiger partial charge < -0.3 is 10.2 Å². The van der Waals surface area contributed by atoms with E-state index >= 15 is 0 Å². The third kappa shape index (κ3) is 4.76. The third-order valence-corrected chi connectivity index (χ3v) is 7.31. The first-order valence-electron chi connectivity index (χ1n) is 8.48. The highest BCUT2D eigenvalue weighted by Crippen LogP contribution is 2.41. The van der Waals surface area contributed by atoms with Gasteiger partial charge in [0.15, 0.2) is 0 Å². The second-order valence-corrected chi connectivity index (χ2v) is 9.89. The number of hydrogen-bond acceptors (Lipinski definition) is 3. The number of carbonyl (C=O) groups is 2. The smallest absolute Gasteiger partial charge is 0.335 e. The van der Waals surface area contributed by atoms with E-state index in [1.54, 1.807) is 30.4 Å². The number of carboxylic acids is 1. The molecule has 1 aromatic carbocycles. The first kappa shape index (κ1) is 22.5. The molecule has 0 bridgehead atoms. The van der Waals surface area contributed by atoms with E-state index in [0.29, 0.717) is 26.3 Å². The van der Waals surface area contributed by atoms with Crippen molar-refractivity contribution < 1.29 is 19.8 Å². The fourth-order valence-electron chi connectivity index (χ4n) is 3.20. The molecular formula is C21H14Br4O4. The molecule has 0 heterocycles. The number of aliphatic hydroxyl groups excluding tert-OH is 1. The average molecular weight is 650 g/mol. The fraction of sp³-hybridized carbons (Fsp3) is 0.143. The molecule has 4 nitrogen and oxygen atoms in total. The summed E-state index contributed by atoms with van der Waals surface area (Å²) < 4.78 is 1.39. The zero-order valence-electron chi connectivity index (χ0n) is 14.8. The van der Waals surface area contributed by atoms with Crippen LogP contribution in [0, 0.1) is 0 Å². The van der Waals surface area contributed by atoms with Gasteiger partial charge in [0.2, 0.25) is 5.78 Å². The van der Waals surface area contributed by atoms with E-state index in [1.165, 1.54) is 0 Å². The number of aryl methyl sites for hydroxylation is 1. The van der Waals surface area contributed by atoms with Gasteiger partial charge in [-0.1, -0.05) is 34.1 Å². The van der Waals surface area contributed by atoms with Crippen molar-refractivity contribution in [2.75, 3.05) is 0 Å². The van der Waals surface area contributed by atoms with Crippen molar-refractivity contribution in [2.45, 2.75) is 17.7 Å². The number of halogens is 4. The zero-order valence-corrected chi connectivity index (χ0v) is 21.1. The Morgan fingerprint density at radius 3 is 2.24 bits per heavy atom. The molecule has 0 radical (unpaired) electrons. The Balaban J connectivity index is 2.04. The standard InChI is InChI=1S/C21H14Br4O4/c22-14-8-12(9-15(23)19(14)26)17-11(7-16(24)20(27)18(17)25)6-5-10-3-1-2-4-13(10)21(28)29/h1-4,7-9,18,27H,5-6H2,(H,28,29). The molecule has 29 heavy (non-hydrogen) atoms. The minimum Gasteiger partial charge on any atom is -0.510 e. The van der Waals surface area contributed by atoms with Crippen LogP contribution < -0.4 is 0 Å². The first-order valence-corrected chi connectivity index (χ1v) is 11.8. The summed E-state index contributed by atoms with van der Waals surface area (Å²) in [5, 5.41) is 19.9. The summed E-state index contributed by atoms with van der Waals surface area (Å²) in [4.78, 5) is 23.1. The largest absolute Gasteiger partial charge is 0.510 e. The van der Waals surface area contributed by atoms with Gasteiger partial charge >= 0.3 is 5.97 Å². The number of aliphatic hydroxyl groups is 1. The van der Waals surface area contributed by atoms with Crippen LogP contribution in [-0.2, 0) is 11.2 Å². The Labute approximate surface area is 201 Å². The van der Waals surface area contributed by atoms with Gasteiger partial charge in [0.05, 0.1) is 23.8 Å². The SMILES string of the molecule is O=C1C(Br)=CC(=C2C(CCc3ccccc3C(=O)O)=CC(Br)=C(O)C2Br)C=C1Br. The van der Waals surface area contributed by atoms with Crippen molar-refractivity contribution in [1.29, 1.82) is 0 Å². The second kappa shape index (κ2) is 9.29. The van der Waals surface area contributed by atoms with Gasteiger partial charge in [0, 0.05) is 0 Å². The highest BCUT2D eigenvalue weighted by Gasteiger charge is 2.29. The molecule has 0 saturated heterocycles. The molecule has 8 heteroatoms. The molecule has 0 amide bonds. The van der Waals surface area contributed by atoms with Crippen LogP contribution in [-0.4, -0.2) is 26.8 Å². The average Bonchev–Trinajstić information content (AvgIpc) is 2.68. The highest BCUT2D eigenvalue weighted by molar-refractivity contribution is 9.13. The summed E-state index contributed by atoms with van der Waals surface area (Å²) in [6.07, 6.45) is 6.35. The maximum absolute atomic E-state index is 12.0. The molecule has 150 valence electrons. The van der Waals surface area contributed by atoms with E-state index in [-0.39, 0.29) is 17.1 Å². The van der Waals surface area contributed by atoms with Crippen molar-refractivity contribution in [3.8, 4) is 0 Å². The number of allylic oxidation sites excluding steroid dienone is 9. The van der Waals surface area contributed by atoms with Gasteiger partial charge in [-0.05, 0) is 107 Å². The first-order chi connectivity index (χ1) is 13.7. The Morgan fingerprint density at radius 1 is 1.00 bits per heavy atom. The molecular weight excluding hydrogens is 636 g/mol. The zero-order chi connectivity index (χ0) is 21.3. The fourth-order valence-corrected chi connectivity index (χ4v) is 6.00. The number of aromatic carboxylic acids is 1. The van der Waals surface area contributed by atoms with Crippen molar-refractivity contribution in [3.05, 3.63) is 89.5 Å². The molecule has 3 rings (SSSR count). The molecule has 2 aliphatic rings. The number of benzene rings is 1. The predicted octanol–water partition coefficient (Wildman–Crippen LogP) is 6.62. The highest BCUT2D eigenvalue weighted by atomic mass is 79.9. The number of ketones is 1. The molecule has 0 aromatic heterocycles. The van der Waals surface area contributed by atoms with E-state index in [9.17, 15) is 19.8 Å². The number of rotatable bonds is 4. The normalized spacial score (nSPS) is 19.8. The maximum Gasteiger partial charge on any atom is 0.335 e. The summed E-state index contributed by atoms with van der Waals surface area (Å²) in [5.41, 5.74) is 3.53. The van der Waals surface area contributed by atoms with Crippen LogP contribution in [0.15, 0.2) is 78.4 Å².